The smallest absolute Gasteiger partial charge is 0.313 e. The first-order valence-electron chi connectivity index (χ1n) is 3.48. The number of aromatic amines is 2. The fourth-order valence-electron chi connectivity index (χ4n) is 0.942. The molecule has 5 nitrogen and oxygen atoms in total. The van der Waals surface area contributed by atoms with Gasteiger partial charge in [0.2, 0.25) is 0 Å². The zero-order chi connectivity index (χ0) is 9.26. The number of nitrogens with zero attached hydrogens (tertiary/aromatic N) is 1. The van der Waals surface area contributed by atoms with E-state index in [0.717, 1.165) is 4.88 Å². The van der Waals surface area contributed by atoms with Gasteiger partial charge in [-0.25, -0.2) is 4.79 Å². The van der Waals surface area contributed by atoms with Crippen molar-refractivity contribution in [3.05, 3.63) is 38.7 Å². The first kappa shape index (κ1) is 10.7. The van der Waals surface area contributed by atoms with E-state index in [2.05, 4.69) is 15.0 Å². The average Bonchev–Trinajstić information content (AvgIpc) is 2.56. The van der Waals surface area contributed by atoms with E-state index in [4.69, 9.17) is 0 Å². The number of thiazole rings is 1. The molecular formula is C7H6ClN3O2S. The van der Waals surface area contributed by atoms with Crippen molar-refractivity contribution in [1.82, 2.24) is 15.0 Å². The Labute approximate surface area is 88.3 Å². The van der Waals surface area contributed by atoms with Gasteiger partial charge in [0.1, 0.15) is 0 Å². The molecule has 0 bridgehead atoms. The van der Waals surface area contributed by atoms with Gasteiger partial charge in [0.15, 0.2) is 0 Å². The van der Waals surface area contributed by atoms with E-state index in [1.54, 1.807) is 11.7 Å². The summed E-state index contributed by atoms with van der Waals surface area (Å²) in [5.41, 5.74) is 1.16. The Hall–Kier alpha value is -1.40. The molecule has 0 saturated heterocycles. The van der Waals surface area contributed by atoms with Gasteiger partial charge in [-0.2, -0.15) is 0 Å². The van der Waals surface area contributed by atoms with E-state index in [1.165, 1.54) is 17.5 Å². The van der Waals surface area contributed by atoms with E-state index < -0.39 is 11.2 Å². The predicted octanol–water partition coefficient (Wildman–Crippen LogP) is 0.608. The molecule has 0 aliphatic carbocycles. The molecule has 0 amide bonds. The highest BCUT2D eigenvalue weighted by Crippen LogP contribution is 2.17. The van der Waals surface area contributed by atoms with Crippen molar-refractivity contribution in [2.45, 2.75) is 0 Å². The first-order valence-corrected chi connectivity index (χ1v) is 4.36. The number of nitrogens with one attached hydrogen (secondary N) is 2. The Kier molecular flexibility index (Phi) is 3.21. The second-order valence-electron chi connectivity index (χ2n) is 2.35. The molecule has 0 aliphatic heterocycles. The van der Waals surface area contributed by atoms with Gasteiger partial charge in [0.25, 0.3) is 5.56 Å². The van der Waals surface area contributed by atoms with E-state index in [0.29, 0.717) is 5.56 Å². The van der Waals surface area contributed by atoms with E-state index in [1.807, 2.05) is 0 Å². The van der Waals surface area contributed by atoms with Crippen LogP contribution in [0.3, 0.4) is 0 Å². The highest BCUT2D eigenvalue weighted by molar-refractivity contribution is 7.13. The third-order valence-electron chi connectivity index (χ3n) is 1.52. The molecule has 0 radical (unpaired) electrons. The van der Waals surface area contributed by atoms with E-state index in [9.17, 15) is 9.59 Å². The fraction of sp³-hybridized carbons (Fsp3) is 0. The van der Waals surface area contributed by atoms with Crippen LogP contribution in [-0.2, 0) is 0 Å². The minimum Gasteiger partial charge on any atom is -0.313 e. The first-order chi connectivity index (χ1) is 6.27. The molecule has 74 valence electrons. The van der Waals surface area contributed by atoms with Gasteiger partial charge in [0.05, 0.1) is 16.0 Å². The molecule has 2 aromatic heterocycles. The van der Waals surface area contributed by atoms with Crippen LogP contribution in [-0.4, -0.2) is 15.0 Å². The Morgan fingerprint density at radius 1 is 1.36 bits per heavy atom. The van der Waals surface area contributed by atoms with Crippen LogP contribution >= 0.6 is 23.7 Å². The van der Waals surface area contributed by atoms with Crippen LogP contribution in [0.4, 0.5) is 0 Å². The molecular weight excluding hydrogens is 226 g/mol. The lowest BCUT2D eigenvalue weighted by atomic mass is 10.3. The molecule has 0 saturated carbocycles. The van der Waals surface area contributed by atoms with Gasteiger partial charge in [-0.15, -0.1) is 23.7 Å². The standard InChI is InChI=1S/C7H5N3O2S.ClH/c11-6-4(1-9-7(12)10-6)5-2-8-3-13-5;/h1-3H,(H2,9,10,11,12);1H. The molecule has 7 heteroatoms. The molecule has 2 heterocycles. The van der Waals surface area contributed by atoms with Crippen molar-refractivity contribution in [2.75, 3.05) is 0 Å². The summed E-state index contributed by atoms with van der Waals surface area (Å²) in [4.78, 5) is 31.0. The summed E-state index contributed by atoms with van der Waals surface area (Å²) < 4.78 is 0. The quantitative estimate of drug-likeness (QED) is 0.755. The van der Waals surface area contributed by atoms with Crippen molar-refractivity contribution in [1.29, 1.82) is 0 Å². The number of halogens is 1. The number of rotatable bonds is 1. The summed E-state index contributed by atoms with van der Waals surface area (Å²) >= 11 is 1.34. The summed E-state index contributed by atoms with van der Waals surface area (Å²) in [6, 6.07) is 0. The predicted molar refractivity (Wildman–Crippen MR) is 56.0 cm³/mol. The maximum atomic E-state index is 11.2. The average molecular weight is 232 g/mol. The number of H-pyrrole nitrogens is 2. The molecule has 0 atom stereocenters. The van der Waals surface area contributed by atoms with Crippen LogP contribution in [0, 0.1) is 0 Å². The Balaban J connectivity index is 0.000000980. The molecule has 0 spiro atoms. The molecule has 0 fully saturated rings. The van der Waals surface area contributed by atoms with Crippen LogP contribution < -0.4 is 11.2 Å². The summed E-state index contributed by atoms with van der Waals surface area (Å²) in [7, 11) is 0. The Bertz CT molecular complexity index is 516. The van der Waals surface area contributed by atoms with Crippen LogP contribution in [0.15, 0.2) is 27.5 Å². The van der Waals surface area contributed by atoms with Gasteiger partial charge in [-0.1, -0.05) is 0 Å². The normalized spacial score (nSPS) is 9.43. The lowest BCUT2D eigenvalue weighted by Crippen LogP contribution is -2.22. The minimum atomic E-state index is -0.502. The third kappa shape index (κ3) is 1.91. The highest BCUT2D eigenvalue weighted by atomic mass is 35.5. The maximum absolute atomic E-state index is 11.2. The molecule has 0 aliphatic rings. The lowest BCUT2D eigenvalue weighted by Gasteiger charge is -1.91. The van der Waals surface area contributed by atoms with Gasteiger partial charge < -0.3 is 4.98 Å². The zero-order valence-electron chi connectivity index (χ0n) is 6.81. The maximum Gasteiger partial charge on any atom is 0.325 e. The highest BCUT2D eigenvalue weighted by Gasteiger charge is 2.03. The molecule has 14 heavy (non-hydrogen) atoms. The molecule has 0 aromatic carbocycles. The van der Waals surface area contributed by atoms with Gasteiger partial charge in [-0.05, 0) is 0 Å². The molecule has 2 rings (SSSR count). The third-order valence-corrected chi connectivity index (χ3v) is 2.32. The summed E-state index contributed by atoms with van der Waals surface area (Å²) in [6.45, 7) is 0. The zero-order valence-corrected chi connectivity index (χ0v) is 8.45. The molecule has 2 aromatic rings. The second-order valence-corrected chi connectivity index (χ2v) is 3.24. The molecule has 0 unspecified atom stereocenters. The summed E-state index contributed by atoms with van der Waals surface area (Å²) in [6.07, 6.45) is 2.96. The lowest BCUT2D eigenvalue weighted by molar-refractivity contribution is 1.04. The summed E-state index contributed by atoms with van der Waals surface area (Å²) in [5.74, 6) is 0. The monoisotopic (exact) mass is 231 g/mol. The van der Waals surface area contributed by atoms with Gasteiger partial charge in [0, 0.05) is 12.4 Å². The molecule has 2 N–H and O–H groups in total. The minimum absolute atomic E-state index is 0. The Morgan fingerprint density at radius 3 is 2.71 bits per heavy atom. The van der Waals surface area contributed by atoms with Gasteiger partial charge in [-0.3, -0.25) is 14.8 Å². The van der Waals surface area contributed by atoms with Crippen LogP contribution in [0.5, 0.6) is 0 Å². The van der Waals surface area contributed by atoms with Crippen molar-refractivity contribution in [3.8, 4) is 10.4 Å². The van der Waals surface area contributed by atoms with Crippen LogP contribution in [0.25, 0.3) is 10.4 Å². The van der Waals surface area contributed by atoms with Crippen LogP contribution in [0.2, 0.25) is 0 Å². The van der Waals surface area contributed by atoms with Crippen molar-refractivity contribution in [2.24, 2.45) is 0 Å². The van der Waals surface area contributed by atoms with Crippen molar-refractivity contribution in [3.63, 3.8) is 0 Å². The van der Waals surface area contributed by atoms with E-state index in [-0.39, 0.29) is 12.4 Å². The fourth-order valence-corrected chi connectivity index (χ4v) is 1.58. The number of hydrogen-bond donors (Lipinski definition) is 2. The van der Waals surface area contributed by atoms with Crippen molar-refractivity contribution >= 4 is 23.7 Å². The number of hydrogen-bond acceptors (Lipinski definition) is 4. The van der Waals surface area contributed by atoms with Crippen LogP contribution in [0.1, 0.15) is 0 Å². The topological polar surface area (TPSA) is 78.6 Å². The Morgan fingerprint density at radius 2 is 2.14 bits per heavy atom. The van der Waals surface area contributed by atoms with Crippen molar-refractivity contribution < 1.29 is 0 Å². The SMILES string of the molecule is Cl.O=c1[nH]cc(-c2cncs2)c(=O)[nH]1. The largest absolute Gasteiger partial charge is 0.325 e. The number of aromatic nitrogens is 3. The second kappa shape index (κ2) is 4.21. The van der Waals surface area contributed by atoms with E-state index >= 15 is 0 Å². The summed E-state index contributed by atoms with van der Waals surface area (Å²) in [5, 5.41) is 0. The van der Waals surface area contributed by atoms with Gasteiger partial charge >= 0.3 is 5.69 Å².